The zero-order valence-electron chi connectivity index (χ0n) is 40.0. The second-order valence-electron chi connectivity index (χ2n) is 18.5. The standard InChI is InChI=1S/C70H48N2O/c1-6-18-49(19-7-1)51-30-32-53(33-31-51)54-38-41-60(42-39-54)72(59-27-14-5-15-28-59)67-47-62(48-68-69(67)65-44-40-56-24-16-17-29-64(56)70(65)73-68)71(58-25-12-4-13-26-58)61-43-45-63(66(46-61)55-22-10-3-11-23-55)57-36-34-52(35-37-57)50-20-8-2-9-21-50/h1-48H. The van der Waals surface area contributed by atoms with Gasteiger partial charge in [0, 0.05) is 39.6 Å². The number of rotatable bonds is 11. The van der Waals surface area contributed by atoms with Crippen LogP contribution in [0.3, 0.4) is 0 Å². The van der Waals surface area contributed by atoms with Gasteiger partial charge in [-0.15, -0.1) is 0 Å². The van der Waals surface area contributed by atoms with Gasteiger partial charge >= 0.3 is 0 Å². The van der Waals surface area contributed by atoms with Gasteiger partial charge < -0.3 is 14.2 Å². The number of furan rings is 1. The lowest BCUT2D eigenvalue weighted by atomic mass is 9.92. The highest BCUT2D eigenvalue weighted by Gasteiger charge is 2.25. The van der Waals surface area contributed by atoms with Crippen molar-refractivity contribution in [3.05, 3.63) is 291 Å². The lowest BCUT2D eigenvalue weighted by molar-refractivity contribution is 0.673. The molecule has 12 aromatic carbocycles. The average molecular weight is 933 g/mol. The maximum Gasteiger partial charge on any atom is 0.143 e. The van der Waals surface area contributed by atoms with E-state index in [1.807, 2.05) is 0 Å². The number of para-hydroxylation sites is 2. The van der Waals surface area contributed by atoms with E-state index in [0.717, 1.165) is 100 Å². The van der Waals surface area contributed by atoms with Gasteiger partial charge in [0.1, 0.15) is 11.2 Å². The molecule has 344 valence electrons. The monoisotopic (exact) mass is 932 g/mol. The molecular formula is C70H48N2O. The maximum atomic E-state index is 7.17. The summed E-state index contributed by atoms with van der Waals surface area (Å²) in [4.78, 5) is 4.76. The summed E-state index contributed by atoms with van der Waals surface area (Å²) in [6.07, 6.45) is 0. The number of anilines is 6. The molecule has 0 aliphatic carbocycles. The molecule has 0 radical (unpaired) electrons. The number of fused-ring (bicyclic) bond motifs is 5. The lowest BCUT2D eigenvalue weighted by Gasteiger charge is -2.30. The molecule has 0 fully saturated rings. The topological polar surface area (TPSA) is 19.6 Å². The minimum atomic E-state index is 0.800. The largest absolute Gasteiger partial charge is 0.455 e. The molecule has 1 heterocycles. The van der Waals surface area contributed by atoms with Gasteiger partial charge in [-0.2, -0.15) is 0 Å². The third-order valence-electron chi connectivity index (χ3n) is 14.1. The van der Waals surface area contributed by atoms with Gasteiger partial charge in [0.2, 0.25) is 0 Å². The maximum absolute atomic E-state index is 7.17. The smallest absolute Gasteiger partial charge is 0.143 e. The quantitative estimate of drug-likeness (QED) is 0.129. The normalized spacial score (nSPS) is 11.3. The van der Waals surface area contributed by atoms with Crippen LogP contribution in [-0.2, 0) is 0 Å². The molecule has 13 aromatic rings. The number of nitrogens with zero attached hydrogens (tertiary/aromatic N) is 2. The Hall–Kier alpha value is -9.70. The molecule has 1 aromatic heterocycles. The van der Waals surface area contributed by atoms with Crippen molar-refractivity contribution in [2.45, 2.75) is 0 Å². The zero-order valence-corrected chi connectivity index (χ0v) is 40.0. The summed E-state index contributed by atoms with van der Waals surface area (Å²) in [6, 6.07) is 104. The lowest BCUT2D eigenvalue weighted by Crippen LogP contribution is -2.13. The first-order valence-corrected chi connectivity index (χ1v) is 24.9. The number of hydrogen-bond donors (Lipinski definition) is 0. The average Bonchev–Trinajstić information content (AvgIpc) is 3.86. The van der Waals surface area contributed by atoms with Gasteiger partial charge in [0.05, 0.1) is 16.8 Å². The first kappa shape index (κ1) is 43.3. The first-order valence-electron chi connectivity index (χ1n) is 24.9. The Labute approximate surface area is 425 Å². The zero-order chi connectivity index (χ0) is 48.5. The molecule has 13 rings (SSSR count). The fourth-order valence-corrected chi connectivity index (χ4v) is 10.5. The molecule has 0 N–H and O–H groups in total. The van der Waals surface area contributed by atoms with Crippen LogP contribution in [0.2, 0.25) is 0 Å². The fourth-order valence-electron chi connectivity index (χ4n) is 10.5. The number of hydrogen-bond acceptors (Lipinski definition) is 3. The molecular weight excluding hydrogens is 885 g/mol. The summed E-state index contributed by atoms with van der Waals surface area (Å²) in [7, 11) is 0. The second-order valence-corrected chi connectivity index (χ2v) is 18.5. The van der Waals surface area contributed by atoms with Crippen molar-refractivity contribution < 1.29 is 4.42 Å². The van der Waals surface area contributed by atoms with Crippen molar-refractivity contribution in [1.29, 1.82) is 0 Å². The highest BCUT2D eigenvalue weighted by Crippen LogP contribution is 2.49. The second kappa shape index (κ2) is 18.9. The van der Waals surface area contributed by atoms with Gasteiger partial charge in [-0.1, -0.05) is 224 Å². The molecule has 3 nitrogen and oxygen atoms in total. The van der Waals surface area contributed by atoms with Crippen LogP contribution in [0, 0.1) is 0 Å². The summed E-state index contributed by atoms with van der Waals surface area (Å²) in [5.41, 5.74) is 19.5. The van der Waals surface area contributed by atoms with Crippen LogP contribution in [0.15, 0.2) is 296 Å². The Morgan fingerprint density at radius 1 is 0.247 bits per heavy atom. The molecule has 73 heavy (non-hydrogen) atoms. The molecule has 0 aliphatic heterocycles. The Kier molecular flexibility index (Phi) is 11.2. The number of benzene rings is 12. The minimum Gasteiger partial charge on any atom is -0.455 e. The van der Waals surface area contributed by atoms with Crippen LogP contribution in [0.25, 0.3) is 88.3 Å². The van der Waals surface area contributed by atoms with E-state index >= 15 is 0 Å². The van der Waals surface area contributed by atoms with E-state index in [1.165, 1.54) is 22.3 Å². The van der Waals surface area contributed by atoms with E-state index in [4.69, 9.17) is 4.42 Å². The molecule has 0 bridgehead atoms. The van der Waals surface area contributed by atoms with Crippen LogP contribution < -0.4 is 9.80 Å². The summed E-state index contributed by atoms with van der Waals surface area (Å²) in [5.74, 6) is 0. The molecule has 0 atom stereocenters. The van der Waals surface area contributed by atoms with Crippen molar-refractivity contribution >= 4 is 66.8 Å². The van der Waals surface area contributed by atoms with Gasteiger partial charge in [0.15, 0.2) is 0 Å². The molecule has 0 unspecified atom stereocenters. The fraction of sp³-hybridized carbons (Fsp3) is 0. The molecule has 3 heteroatoms. The van der Waals surface area contributed by atoms with E-state index < -0.39 is 0 Å². The molecule has 0 saturated heterocycles. The van der Waals surface area contributed by atoms with E-state index in [9.17, 15) is 0 Å². The van der Waals surface area contributed by atoms with Crippen molar-refractivity contribution in [3.63, 3.8) is 0 Å². The minimum absolute atomic E-state index is 0.800. The van der Waals surface area contributed by atoms with Crippen LogP contribution in [0.5, 0.6) is 0 Å². The van der Waals surface area contributed by atoms with Crippen LogP contribution in [0.4, 0.5) is 34.1 Å². The Morgan fingerprint density at radius 3 is 1.25 bits per heavy atom. The van der Waals surface area contributed by atoms with Gasteiger partial charge in [-0.3, -0.25) is 0 Å². The van der Waals surface area contributed by atoms with Crippen LogP contribution in [0.1, 0.15) is 0 Å². The molecule has 0 saturated carbocycles. The van der Waals surface area contributed by atoms with Gasteiger partial charge in [-0.25, -0.2) is 0 Å². The van der Waals surface area contributed by atoms with Crippen molar-refractivity contribution in [2.24, 2.45) is 0 Å². The molecule has 0 aliphatic rings. The van der Waals surface area contributed by atoms with Crippen LogP contribution in [-0.4, -0.2) is 0 Å². The summed E-state index contributed by atoms with van der Waals surface area (Å²) < 4.78 is 7.17. The van der Waals surface area contributed by atoms with Crippen molar-refractivity contribution in [3.8, 4) is 55.6 Å². The summed E-state index contributed by atoms with van der Waals surface area (Å²) >= 11 is 0. The summed E-state index contributed by atoms with van der Waals surface area (Å²) in [6.45, 7) is 0. The predicted molar refractivity (Wildman–Crippen MR) is 308 cm³/mol. The Balaban J connectivity index is 1.00. The highest BCUT2D eigenvalue weighted by molar-refractivity contribution is 6.20. The van der Waals surface area contributed by atoms with E-state index in [1.54, 1.807) is 0 Å². The van der Waals surface area contributed by atoms with E-state index in [-0.39, 0.29) is 0 Å². The predicted octanol–water partition coefficient (Wildman–Crippen LogP) is 20.0. The first-order chi connectivity index (χ1) is 36.2. The Bertz CT molecular complexity index is 4020. The van der Waals surface area contributed by atoms with E-state index in [0.29, 0.717) is 0 Å². The molecule has 0 spiro atoms. The van der Waals surface area contributed by atoms with Gasteiger partial charge in [0.25, 0.3) is 0 Å². The Morgan fingerprint density at radius 2 is 0.671 bits per heavy atom. The third kappa shape index (κ3) is 8.29. The summed E-state index contributed by atoms with van der Waals surface area (Å²) in [5, 5.41) is 4.32. The van der Waals surface area contributed by atoms with Crippen LogP contribution >= 0.6 is 0 Å². The van der Waals surface area contributed by atoms with E-state index in [2.05, 4.69) is 301 Å². The van der Waals surface area contributed by atoms with Crippen molar-refractivity contribution in [2.75, 3.05) is 9.80 Å². The third-order valence-corrected chi connectivity index (χ3v) is 14.1. The SMILES string of the molecule is c1ccc(-c2ccc(-c3ccc(N(c4ccccc4)c4cc(N(c5ccccc5)c5ccc(-c6ccc(-c7ccccc7)cc6)c(-c6ccccc6)c5)cc5oc6c7ccccc7ccc6c45)cc3)cc2)cc1. The molecule has 0 amide bonds. The highest BCUT2D eigenvalue weighted by atomic mass is 16.3. The van der Waals surface area contributed by atoms with Crippen molar-refractivity contribution in [1.82, 2.24) is 0 Å². The van der Waals surface area contributed by atoms with Gasteiger partial charge in [-0.05, 0) is 122 Å².